The molecule has 0 N–H and O–H groups in total. The second-order valence-electron chi connectivity index (χ2n) is 4.41. The van der Waals surface area contributed by atoms with Gasteiger partial charge in [0, 0.05) is 11.8 Å². The van der Waals surface area contributed by atoms with Crippen molar-refractivity contribution in [2.24, 2.45) is 0 Å². The van der Waals surface area contributed by atoms with Crippen LogP contribution in [0.3, 0.4) is 0 Å². The molecule has 0 aliphatic rings. The average Bonchev–Trinajstić information content (AvgIpc) is 2.39. The van der Waals surface area contributed by atoms with Gasteiger partial charge in [0.15, 0.2) is 0 Å². The van der Waals surface area contributed by atoms with E-state index in [1.807, 2.05) is 0 Å². The van der Waals surface area contributed by atoms with Gasteiger partial charge in [0.25, 0.3) is 0 Å². The Bertz CT molecular complexity index is 717. The molecule has 0 saturated carbocycles. The predicted octanol–water partition coefficient (Wildman–Crippen LogP) is 1.78. The molecule has 0 fully saturated rings. The average molecular weight is 276 g/mol. The number of ether oxygens (including phenoxy) is 1. The zero-order chi connectivity index (χ0) is 14.9. The lowest BCUT2D eigenvalue weighted by molar-refractivity contribution is 0.0590. The van der Waals surface area contributed by atoms with Crippen LogP contribution in [0.1, 0.15) is 21.6 Å². The SMILES string of the molecule is COC(=O)c1nn(-c2cc(C)cc(F)c2)cc(C)c1=O. The van der Waals surface area contributed by atoms with Crippen molar-refractivity contribution < 1.29 is 13.9 Å². The Morgan fingerprint density at radius 1 is 1.30 bits per heavy atom. The Labute approximate surface area is 114 Å². The second-order valence-corrected chi connectivity index (χ2v) is 4.41. The van der Waals surface area contributed by atoms with Crippen LogP contribution in [0.4, 0.5) is 4.39 Å². The first-order valence-corrected chi connectivity index (χ1v) is 5.89. The maximum atomic E-state index is 13.4. The molecule has 20 heavy (non-hydrogen) atoms. The number of halogens is 1. The molecule has 2 rings (SSSR count). The van der Waals surface area contributed by atoms with E-state index in [0.717, 1.165) is 0 Å². The Kier molecular flexibility index (Phi) is 3.65. The lowest BCUT2D eigenvalue weighted by Crippen LogP contribution is -2.24. The number of aryl methyl sites for hydroxylation is 2. The third-order valence-corrected chi connectivity index (χ3v) is 2.77. The summed E-state index contributed by atoms with van der Waals surface area (Å²) in [4.78, 5) is 23.4. The standard InChI is InChI=1S/C14H13FN2O3/c1-8-4-10(15)6-11(5-8)17-7-9(2)13(18)12(16-17)14(19)20-3/h4-7H,1-3H3. The Morgan fingerprint density at radius 2 is 2.00 bits per heavy atom. The van der Waals surface area contributed by atoms with Crippen molar-refractivity contribution >= 4 is 5.97 Å². The van der Waals surface area contributed by atoms with Crippen LogP contribution < -0.4 is 5.43 Å². The van der Waals surface area contributed by atoms with Crippen LogP contribution in [0.5, 0.6) is 0 Å². The summed E-state index contributed by atoms with van der Waals surface area (Å²) in [5.74, 6) is -1.24. The number of benzene rings is 1. The Balaban J connectivity index is 2.66. The van der Waals surface area contributed by atoms with Crippen molar-refractivity contribution in [2.75, 3.05) is 7.11 Å². The summed E-state index contributed by atoms with van der Waals surface area (Å²) in [6.07, 6.45) is 1.45. The quantitative estimate of drug-likeness (QED) is 0.784. The summed E-state index contributed by atoms with van der Waals surface area (Å²) in [6, 6.07) is 4.34. The van der Waals surface area contributed by atoms with Gasteiger partial charge in [-0.05, 0) is 37.6 Å². The highest BCUT2D eigenvalue weighted by Crippen LogP contribution is 2.12. The van der Waals surface area contributed by atoms with Gasteiger partial charge in [-0.25, -0.2) is 13.9 Å². The second kappa shape index (κ2) is 5.24. The molecular formula is C14H13FN2O3. The molecule has 6 heteroatoms. The topological polar surface area (TPSA) is 61.2 Å². The van der Waals surface area contributed by atoms with E-state index in [0.29, 0.717) is 16.8 Å². The van der Waals surface area contributed by atoms with Gasteiger partial charge < -0.3 is 4.74 Å². The van der Waals surface area contributed by atoms with Crippen molar-refractivity contribution in [3.8, 4) is 5.69 Å². The van der Waals surface area contributed by atoms with Crippen LogP contribution in [0.2, 0.25) is 0 Å². The van der Waals surface area contributed by atoms with Gasteiger partial charge in [0.05, 0.1) is 12.8 Å². The minimum Gasteiger partial charge on any atom is -0.464 e. The van der Waals surface area contributed by atoms with Crippen molar-refractivity contribution in [3.05, 3.63) is 57.3 Å². The molecule has 0 amide bonds. The van der Waals surface area contributed by atoms with Crippen LogP contribution in [0, 0.1) is 19.7 Å². The Morgan fingerprint density at radius 3 is 2.60 bits per heavy atom. The maximum absolute atomic E-state index is 13.4. The highest BCUT2D eigenvalue weighted by Gasteiger charge is 2.16. The number of aromatic nitrogens is 2. The number of hydrogen-bond donors (Lipinski definition) is 0. The molecule has 1 aromatic heterocycles. The van der Waals surface area contributed by atoms with E-state index in [4.69, 9.17) is 0 Å². The minimum atomic E-state index is -0.819. The summed E-state index contributed by atoms with van der Waals surface area (Å²) in [6.45, 7) is 3.29. The summed E-state index contributed by atoms with van der Waals surface area (Å²) in [7, 11) is 1.17. The number of carbonyl (C=O) groups excluding carboxylic acids is 1. The van der Waals surface area contributed by atoms with Gasteiger partial charge >= 0.3 is 5.97 Å². The smallest absolute Gasteiger partial charge is 0.362 e. The molecular weight excluding hydrogens is 263 g/mol. The van der Waals surface area contributed by atoms with Gasteiger partial charge in [0.1, 0.15) is 5.82 Å². The molecule has 0 aliphatic carbocycles. The first-order chi connectivity index (χ1) is 9.42. The van der Waals surface area contributed by atoms with E-state index in [2.05, 4.69) is 9.84 Å². The molecule has 0 spiro atoms. The van der Waals surface area contributed by atoms with E-state index in [9.17, 15) is 14.0 Å². The zero-order valence-electron chi connectivity index (χ0n) is 11.3. The number of rotatable bonds is 2. The third-order valence-electron chi connectivity index (χ3n) is 2.77. The normalized spacial score (nSPS) is 10.4. The number of methoxy groups -OCH3 is 1. The highest BCUT2D eigenvalue weighted by atomic mass is 19.1. The summed E-state index contributed by atoms with van der Waals surface area (Å²) >= 11 is 0. The van der Waals surface area contributed by atoms with Gasteiger partial charge in [-0.15, -0.1) is 0 Å². The first kappa shape index (κ1) is 13.9. The van der Waals surface area contributed by atoms with Crippen molar-refractivity contribution in [1.29, 1.82) is 0 Å². The van der Waals surface area contributed by atoms with Crippen molar-refractivity contribution in [1.82, 2.24) is 9.78 Å². The van der Waals surface area contributed by atoms with E-state index in [1.165, 1.54) is 30.1 Å². The van der Waals surface area contributed by atoms with Crippen molar-refractivity contribution in [3.63, 3.8) is 0 Å². The minimum absolute atomic E-state index is 0.322. The van der Waals surface area contributed by atoms with Crippen molar-refractivity contribution in [2.45, 2.75) is 13.8 Å². The van der Waals surface area contributed by atoms with Crippen LogP contribution >= 0.6 is 0 Å². The molecule has 0 radical (unpaired) electrons. The van der Waals surface area contributed by atoms with Crippen LogP contribution in [-0.4, -0.2) is 22.9 Å². The maximum Gasteiger partial charge on any atom is 0.362 e. The van der Waals surface area contributed by atoms with Crippen LogP contribution in [0.15, 0.2) is 29.2 Å². The summed E-state index contributed by atoms with van der Waals surface area (Å²) < 4.78 is 19.2. The fraction of sp³-hybridized carbons (Fsp3) is 0.214. The number of nitrogens with zero attached hydrogens (tertiary/aromatic N) is 2. The zero-order valence-corrected chi connectivity index (χ0v) is 11.3. The lowest BCUT2D eigenvalue weighted by atomic mass is 10.2. The molecule has 104 valence electrons. The Hall–Kier alpha value is -2.50. The fourth-order valence-corrected chi connectivity index (χ4v) is 1.82. The van der Waals surface area contributed by atoms with E-state index in [1.54, 1.807) is 19.9 Å². The van der Waals surface area contributed by atoms with Gasteiger partial charge in [-0.2, -0.15) is 5.10 Å². The molecule has 1 heterocycles. The van der Waals surface area contributed by atoms with Gasteiger partial charge in [-0.3, -0.25) is 4.79 Å². The largest absolute Gasteiger partial charge is 0.464 e. The monoisotopic (exact) mass is 276 g/mol. The first-order valence-electron chi connectivity index (χ1n) is 5.89. The molecule has 0 aliphatic heterocycles. The predicted molar refractivity (Wildman–Crippen MR) is 70.6 cm³/mol. The molecule has 0 saturated heterocycles. The van der Waals surface area contributed by atoms with Gasteiger partial charge in [0.2, 0.25) is 11.1 Å². The molecule has 0 atom stereocenters. The lowest BCUT2D eigenvalue weighted by Gasteiger charge is -2.09. The number of carbonyl (C=O) groups is 1. The number of hydrogen-bond acceptors (Lipinski definition) is 4. The highest BCUT2D eigenvalue weighted by molar-refractivity contribution is 5.87. The summed E-state index contributed by atoms with van der Waals surface area (Å²) in [5.41, 5.74) is 0.631. The van der Waals surface area contributed by atoms with Gasteiger partial charge in [-0.1, -0.05) is 0 Å². The molecule has 5 nitrogen and oxygen atoms in total. The molecule has 1 aromatic carbocycles. The van der Waals surface area contributed by atoms with Crippen LogP contribution in [-0.2, 0) is 4.74 Å². The van der Waals surface area contributed by atoms with E-state index < -0.39 is 17.2 Å². The van der Waals surface area contributed by atoms with Crippen LogP contribution in [0.25, 0.3) is 5.69 Å². The third kappa shape index (κ3) is 2.59. The number of esters is 1. The van der Waals surface area contributed by atoms with E-state index in [-0.39, 0.29) is 5.69 Å². The molecule has 2 aromatic rings. The fourth-order valence-electron chi connectivity index (χ4n) is 1.82. The molecule has 0 unspecified atom stereocenters. The molecule has 0 bridgehead atoms. The van der Waals surface area contributed by atoms with E-state index >= 15 is 0 Å². The summed E-state index contributed by atoms with van der Waals surface area (Å²) in [5, 5.41) is 3.92.